The number of nitrogens with zero attached hydrogens (tertiary/aromatic N) is 2. The van der Waals surface area contributed by atoms with Crippen LogP contribution in [0.15, 0.2) is 52.7 Å². The number of thiazole rings is 1. The van der Waals surface area contributed by atoms with E-state index >= 15 is 0 Å². The van der Waals surface area contributed by atoms with Crippen molar-refractivity contribution in [2.75, 3.05) is 26.9 Å². The minimum atomic E-state index is -0.883. The lowest BCUT2D eigenvalue weighted by Crippen LogP contribution is -2.46. The van der Waals surface area contributed by atoms with Crippen molar-refractivity contribution in [3.8, 4) is 5.75 Å². The van der Waals surface area contributed by atoms with Crippen molar-refractivity contribution in [2.45, 2.75) is 22.6 Å². The van der Waals surface area contributed by atoms with Gasteiger partial charge in [-0.25, -0.2) is 14.6 Å². The maximum absolute atomic E-state index is 12.3. The minimum Gasteiger partial charge on any atom is -0.497 e. The van der Waals surface area contributed by atoms with Crippen LogP contribution in [0.4, 0.5) is 9.59 Å². The molecule has 1 aliphatic rings. The summed E-state index contributed by atoms with van der Waals surface area (Å²) in [7, 11) is 1.65. The molecule has 1 aromatic heterocycles. The number of amides is 2. The number of ether oxygens (including phenoxy) is 3. The summed E-state index contributed by atoms with van der Waals surface area (Å²) in [6, 6.07) is 7.56. The Bertz CT molecular complexity index is 974. The maximum Gasteiger partial charge on any atom is 0.410 e. The number of hydrogen-bond donors (Lipinski definition) is 1. The smallest absolute Gasteiger partial charge is 0.410 e. The third kappa shape index (κ3) is 6.51. The number of rotatable bonds is 9. The number of carbonyl (C=O) groups excluding carboxylic acids is 2. The quantitative estimate of drug-likeness (QED) is 0.425. The first-order valence-corrected chi connectivity index (χ1v) is 11.7. The van der Waals surface area contributed by atoms with Crippen LogP contribution in [-0.2, 0) is 15.2 Å². The lowest BCUT2D eigenvalue weighted by atomic mass is 9.99. The van der Waals surface area contributed by atoms with Gasteiger partial charge >= 0.3 is 12.2 Å². The third-order valence-electron chi connectivity index (χ3n) is 4.74. The van der Waals surface area contributed by atoms with Gasteiger partial charge in [-0.05, 0) is 29.7 Å². The number of benzene rings is 1. The fourth-order valence-electron chi connectivity index (χ4n) is 3.12. The van der Waals surface area contributed by atoms with Crippen molar-refractivity contribution in [1.29, 1.82) is 0 Å². The summed E-state index contributed by atoms with van der Waals surface area (Å²) < 4.78 is 16.3. The molecule has 0 saturated heterocycles. The molecule has 0 aliphatic carbocycles. The third-order valence-corrected chi connectivity index (χ3v) is 6.83. The van der Waals surface area contributed by atoms with Gasteiger partial charge in [-0.15, -0.1) is 11.3 Å². The Hall–Kier alpha value is -2.98. The first kappa shape index (κ1) is 23.7. The molecule has 1 atom stereocenters. The molecule has 32 heavy (non-hydrogen) atoms. The van der Waals surface area contributed by atoms with E-state index in [2.05, 4.69) is 6.58 Å². The van der Waals surface area contributed by atoms with Gasteiger partial charge < -0.3 is 19.9 Å². The summed E-state index contributed by atoms with van der Waals surface area (Å²) in [4.78, 5) is 29.7. The van der Waals surface area contributed by atoms with E-state index in [-0.39, 0.29) is 13.2 Å². The number of carbonyl (C=O) groups is 2. The van der Waals surface area contributed by atoms with Crippen molar-refractivity contribution in [3.63, 3.8) is 0 Å². The standard InChI is InChI=1S/C22H25N3O5S2/c1-3-10-29-22(27)25-9-8-16(11-17(25)12-30-20(23)26)19-14-32-21(24-19)31-13-15-4-6-18(28-2)7-5-15/h3-8,14,17H,1,9-13H2,2H3,(H2,23,26)/t17-/m1/s1. The topological polar surface area (TPSA) is 104 Å². The lowest BCUT2D eigenvalue weighted by Gasteiger charge is -2.33. The molecule has 0 unspecified atom stereocenters. The summed E-state index contributed by atoms with van der Waals surface area (Å²) in [5.41, 5.74) is 8.14. The molecule has 3 rings (SSSR count). The van der Waals surface area contributed by atoms with E-state index in [0.29, 0.717) is 13.0 Å². The lowest BCUT2D eigenvalue weighted by molar-refractivity contribution is 0.0716. The Morgan fingerprint density at radius 1 is 1.34 bits per heavy atom. The van der Waals surface area contributed by atoms with E-state index in [1.54, 1.807) is 30.2 Å². The van der Waals surface area contributed by atoms with Crippen LogP contribution in [0.1, 0.15) is 17.7 Å². The van der Waals surface area contributed by atoms with E-state index in [1.165, 1.54) is 16.5 Å². The normalized spacial score (nSPS) is 15.6. The molecule has 2 N–H and O–H groups in total. The molecule has 0 saturated carbocycles. The first-order chi connectivity index (χ1) is 15.5. The van der Waals surface area contributed by atoms with Gasteiger partial charge in [-0.1, -0.05) is 42.6 Å². The highest BCUT2D eigenvalue weighted by Gasteiger charge is 2.30. The second kappa shape index (κ2) is 11.6. The van der Waals surface area contributed by atoms with Crippen molar-refractivity contribution in [2.24, 2.45) is 5.73 Å². The molecule has 0 radical (unpaired) electrons. The summed E-state index contributed by atoms with van der Waals surface area (Å²) in [6.45, 7) is 3.96. The molecule has 10 heteroatoms. The molecule has 8 nitrogen and oxygen atoms in total. The van der Waals surface area contributed by atoms with Crippen LogP contribution in [0.3, 0.4) is 0 Å². The van der Waals surface area contributed by atoms with Gasteiger partial charge in [0.25, 0.3) is 0 Å². The van der Waals surface area contributed by atoms with Crippen LogP contribution < -0.4 is 10.5 Å². The van der Waals surface area contributed by atoms with Crippen LogP contribution in [0.2, 0.25) is 0 Å². The van der Waals surface area contributed by atoms with Crippen molar-refractivity contribution >= 4 is 40.9 Å². The average Bonchev–Trinajstić information content (AvgIpc) is 3.29. The summed E-state index contributed by atoms with van der Waals surface area (Å²) in [5.74, 6) is 1.63. The zero-order valence-electron chi connectivity index (χ0n) is 17.7. The molecule has 2 aromatic rings. The SMILES string of the molecule is C=CCOC(=O)N1CC=C(c2csc(SCc3ccc(OC)cc3)n2)C[C@@H]1COC(N)=O. The van der Waals surface area contributed by atoms with Crippen LogP contribution in [-0.4, -0.2) is 55.0 Å². The van der Waals surface area contributed by atoms with Crippen molar-refractivity contribution in [1.82, 2.24) is 9.88 Å². The van der Waals surface area contributed by atoms with Gasteiger partial charge in [0, 0.05) is 17.7 Å². The predicted molar refractivity (Wildman–Crippen MR) is 125 cm³/mol. The number of methoxy groups -OCH3 is 1. The molecular formula is C22H25N3O5S2. The largest absolute Gasteiger partial charge is 0.497 e. The van der Waals surface area contributed by atoms with Crippen LogP contribution >= 0.6 is 23.1 Å². The molecule has 1 aromatic carbocycles. The van der Waals surface area contributed by atoms with E-state index in [9.17, 15) is 9.59 Å². The van der Waals surface area contributed by atoms with Crippen molar-refractivity contribution in [3.05, 3.63) is 59.6 Å². The van der Waals surface area contributed by atoms with Gasteiger partial charge in [0.05, 0.1) is 18.8 Å². The number of primary amides is 1. The van der Waals surface area contributed by atoms with E-state index in [0.717, 1.165) is 27.1 Å². The highest BCUT2D eigenvalue weighted by atomic mass is 32.2. The van der Waals surface area contributed by atoms with Gasteiger partial charge in [0.1, 0.15) is 19.0 Å². The molecule has 170 valence electrons. The predicted octanol–water partition coefficient (Wildman–Crippen LogP) is 4.32. The summed E-state index contributed by atoms with van der Waals surface area (Å²) in [5, 5.41) is 2.00. The zero-order chi connectivity index (χ0) is 22.9. The molecule has 2 amide bonds. The Kier molecular flexibility index (Phi) is 8.57. The second-order valence-corrected chi connectivity index (χ2v) is 8.95. The van der Waals surface area contributed by atoms with Gasteiger partial charge in [0.15, 0.2) is 4.34 Å². The molecule has 0 spiro atoms. The van der Waals surface area contributed by atoms with E-state index < -0.39 is 18.2 Å². The molecule has 0 fully saturated rings. The Morgan fingerprint density at radius 2 is 2.12 bits per heavy atom. The Balaban J connectivity index is 1.65. The number of thioether (sulfide) groups is 1. The fraction of sp³-hybridized carbons (Fsp3) is 0.318. The Labute approximate surface area is 195 Å². The molecule has 2 heterocycles. The highest BCUT2D eigenvalue weighted by Crippen LogP contribution is 2.32. The Morgan fingerprint density at radius 3 is 2.81 bits per heavy atom. The summed E-state index contributed by atoms with van der Waals surface area (Å²) in [6.07, 6.45) is 2.54. The average molecular weight is 476 g/mol. The van der Waals surface area contributed by atoms with Crippen LogP contribution in [0.25, 0.3) is 5.57 Å². The summed E-state index contributed by atoms with van der Waals surface area (Å²) >= 11 is 3.23. The highest BCUT2D eigenvalue weighted by molar-refractivity contribution is 8.00. The number of nitrogens with two attached hydrogens (primary N) is 1. The molecule has 1 aliphatic heterocycles. The number of aromatic nitrogens is 1. The van der Waals surface area contributed by atoms with E-state index in [4.69, 9.17) is 24.9 Å². The monoisotopic (exact) mass is 475 g/mol. The van der Waals surface area contributed by atoms with Gasteiger partial charge in [0.2, 0.25) is 0 Å². The number of hydrogen-bond acceptors (Lipinski definition) is 8. The first-order valence-electron chi connectivity index (χ1n) is 9.87. The van der Waals surface area contributed by atoms with Gasteiger partial charge in [-0.2, -0.15) is 0 Å². The molecular weight excluding hydrogens is 450 g/mol. The van der Waals surface area contributed by atoms with Crippen molar-refractivity contribution < 1.29 is 23.8 Å². The van der Waals surface area contributed by atoms with Crippen LogP contribution in [0, 0.1) is 0 Å². The maximum atomic E-state index is 12.3. The van der Waals surface area contributed by atoms with Gasteiger partial charge in [-0.3, -0.25) is 4.90 Å². The van der Waals surface area contributed by atoms with E-state index in [1.807, 2.05) is 35.7 Å². The van der Waals surface area contributed by atoms with Crippen LogP contribution in [0.5, 0.6) is 5.75 Å². The zero-order valence-corrected chi connectivity index (χ0v) is 19.3. The second-order valence-electron chi connectivity index (χ2n) is 6.87. The molecule has 0 bridgehead atoms. The minimum absolute atomic E-state index is 0.0148. The fourth-order valence-corrected chi connectivity index (χ4v) is 4.92.